The highest BCUT2D eigenvalue weighted by Gasteiger charge is 2.10. The van der Waals surface area contributed by atoms with Crippen LogP contribution in [0.5, 0.6) is 5.88 Å². The molecule has 27 heavy (non-hydrogen) atoms. The Kier molecular flexibility index (Phi) is 3.92. The second-order valence-corrected chi connectivity index (χ2v) is 5.93. The molecule has 0 aliphatic rings. The number of para-hydroxylation sites is 1. The molecule has 0 radical (unpaired) electrons. The lowest BCUT2D eigenvalue weighted by Crippen LogP contribution is -2.19. The van der Waals surface area contributed by atoms with Crippen molar-refractivity contribution in [3.63, 3.8) is 0 Å². The molecule has 0 unspecified atom stereocenters. The molecule has 0 saturated carbocycles. The summed E-state index contributed by atoms with van der Waals surface area (Å²) in [6.45, 7) is 0. The Balaban J connectivity index is 1.75. The van der Waals surface area contributed by atoms with E-state index < -0.39 is 11.4 Å². The summed E-state index contributed by atoms with van der Waals surface area (Å²) in [5.74, 6) is -0.411. The molecule has 0 amide bonds. The lowest BCUT2D eigenvalue weighted by Gasteiger charge is -2.09. The van der Waals surface area contributed by atoms with Crippen molar-refractivity contribution in [3.05, 3.63) is 81.0 Å². The number of aryl methyl sites for hydroxylation is 1. The van der Waals surface area contributed by atoms with Gasteiger partial charge in [0, 0.05) is 24.7 Å². The Morgan fingerprint density at radius 2 is 1.93 bits per heavy atom. The zero-order valence-electron chi connectivity index (χ0n) is 14.3. The van der Waals surface area contributed by atoms with E-state index in [0.717, 1.165) is 10.9 Å². The molecule has 0 spiro atoms. The van der Waals surface area contributed by atoms with Crippen LogP contribution >= 0.6 is 0 Å². The van der Waals surface area contributed by atoms with E-state index in [1.54, 1.807) is 31.4 Å². The average molecular weight is 361 g/mol. The lowest BCUT2D eigenvalue weighted by atomic mass is 10.2. The van der Waals surface area contributed by atoms with Crippen molar-refractivity contribution >= 4 is 28.5 Å². The molecular weight excluding hydrogens is 346 g/mol. The van der Waals surface area contributed by atoms with Gasteiger partial charge in [-0.3, -0.25) is 19.4 Å². The molecule has 0 aliphatic heterocycles. The number of rotatable bonds is 3. The lowest BCUT2D eigenvalue weighted by molar-refractivity contribution is 0.452. The van der Waals surface area contributed by atoms with Gasteiger partial charge in [0.05, 0.1) is 17.4 Å². The van der Waals surface area contributed by atoms with Crippen molar-refractivity contribution < 1.29 is 5.11 Å². The van der Waals surface area contributed by atoms with Crippen molar-refractivity contribution in [2.75, 3.05) is 5.43 Å². The van der Waals surface area contributed by atoms with Crippen LogP contribution in [0, 0.1) is 0 Å². The predicted molar refractivity (Wildman–Crippen MR) is 104 cm³/mol. The molecule has 0 atom stereocenters. The molecule has 8 heteroatoms. The first-order valence-electron chi connectivity index (χ1n) is 8.14. The van der Waals surface area contributed by atoms with Crippen LogP contribution in [0.2, 0.25) is 0 Å². The fourth-order valence-corrected chi connectivity index (χ4v) is 2.87. The van der Waals surface area contributed by atoms with Gasteiger partial charge in [-0.1, -0.05) is 24.3 Å². The van der Waals surface area contributed by atoms with Crippen molar-refractivity contribution in [1.29, 1.82) is 0 Å². The van der Waals surface area contributed by atoms with E-state index in [-0.39, 0.29) is 11.1 Å². The summed E-state index contributed by atoms with van der Waals surface area (Å²) in [4.78, 5) is 28.6. The van der Waals surface area contributed by atoms with E-state index in [1.807, 2.05) is 24.3 Å². The minimum Gasteiger partial charge on any atom is -0.493 e. The number of aromatic hydroxyl groups is 1. The van der Waals surface area contributed by atoms with E-state index in [9.17, 15) is 14.7 Å². The summed E-state index contributed by atoms with van der Waals surface area (Å²) < 4.78 is 2.85. The minimum atomic E-state index is -0.447. The van der Waals surface area contributed by atoms with Gasteiger partial charge in [-0.15, -0.1) is 0 Å². The number of benzene rings is 1. The van der Waals surface area contributed by atoms with Gasteiger partial charge >= 0.3 is 0 Å². The molecule has 3 heterocycles. The Labute approximate surface area is 152 Å². The molecule has 4 rings (SSSR count). The summed E-state index contributed by atoms with van der Waals surface area (Å²) in [6.07, 6.45) is 2.75. The van der Waals surface area contributed by atoms with Crippen molar-refractivity contribution in [2.45, 2.75) is 0 Å². The van der Waals surface area contributed by atoms with Gasteiger partial charge < -0.3 is 9.67 Å². The molecule has 1 aromatic carbocycles. The second-order valence-electron chi connectivity index (χ2n) is 5.93. The largest absolute Gasteiger partial charge is 0.493 e. The minimum absolute atomic E-state index is 0.0562. The third kappa shape index (κ3) is 2.82. The number of aromatic nitrogens is 3. The molecular formula is C19H15N5O3. The van der Waals surface area contributed by atoms with Gasteiger partial charge in [0.15, 0.2) is 0 Å². The molecule has 0 bridgehead atoms. The molecule has 3 aromatic heterocycles. The highest BCUT2D eigenvalue weighted by Crippen LogP contribution is 2.20. The number of hydrazone groups is 1. The van der Waals surface area contributed by atoms with Crippen LogP contribution in [0.4, 0.5) is 5.69 Å². The molecule has 0 fully saturated rings. The fourth-order valence-electron chi connectivity index (χ4n) is 2.87. The van der Waals surface area contributed by atoms with Gasteiger partial charge in [0.1, 0.15) is 11.2 Å². The van der Waals surface area contributed by atoms with Gasteiger partial charge in [0.2, 0.25) is 5.88 Å². The van der Waals surface area contributed by atoms with Gasteiger partial charge in [-0.05, 0) is 18.2 Å². The second kappa shape index (κ2) is 6.41. The molecule has 0 saturated heterocycles. The fraction of sp³-hybridized carbons (Fsp3) is 0.0526. The SMILES string of the molecule is Cn1c(=O)cc(N/N=C/c2c(O)nc3ccccn3c2=O)c2ccccc21. The van der Waals surface area contributed by atoms with Crippen LogP contribution in [-0.2, 0) is 7.05 Å². The third-order valence-electron chi connectivity index (χ3n) is 4.28. The van der Waals surface area contributed by atoms with Crippen LogP contribution in [0.3, 0.4) is 0 Å². The summed E-state index contributed by atoms with van der Waals surface area (Å²) in [7, 11) is 1.69. The van der Waals surface area contributed by atoms with Gasteiger partial charge in [0.25, 0.3) is 11.1 Å². The van der Waals surface area contributed by atoms with E-state index in [0.29, 0.717) is 11.3 Å². The zero-order valence-corrected chi connectivity index (χ0v) is 14.3. The predicted octanol–water partition coefficient (Wildman–Crippen LogP) is 1.70. The smallest absolute Gasteiger partial charge is 0.270 e. The summed E-state index contributed by atoms with van der Waals surface area (Å²) in [6, 6.07) is 13.8. The molecule has 8 nitrogen and oxygen atoms in total. The van der Waals surface area contributed by atoms with Crippen LogP contribution in [0.1, 0.15) is 5.56 Å². The molecule has 0 aliphatic carbocycles. The Bertz CT molecular complexity index is 1320. The highest BCUT2D eigenvalue weighted by molar-refractivity contribution is 5.92. The number of hydrogen-bond acceptors (Lipinski definition) is 6. The Morgan fingerprint density at radius 3 is 2.78 bits per heavy atom. The average Bonchev–Trinajstić information content (AvgIpc) is 2.68. The van der Waals surface area contributed by atoms with Gasteiger partial charge in [-0.2, -0.15) is 10.1 Å². The quantitative estimate of drug-likeness (QED) is 0.427. The summed E-state index contributed by atoms with van der Waals surface area (Å²) >= 11 is 0. The Hall–Kier alpha value is -3.94. The van der Waals surface area contributed by atoms with Crippen LogP contribution in [-0.4, -0.2) is 25.3 Å². The first-order chi connectivity index (χ1) is 13.1. The van der Waals surface area contributed by atoms with Crippen LogP contribution < -0.4 is 16.5 Å². The van der Waals surface area contributed by atoms with Crippen molar-refractivity contribution in [1.82, 2.24) is 14.0 Å². The van der Waals surface area contributed by atoms with E-state index in [1.165, 1.54) is 21.2 Å². The maximum absolute atomic E-state index is 12.5. The number of nitrogens with one attached hydrogen (secondary N) is 1. The van der Waals surface area contributed by atoms with E-state index >= 15 is 0 Å². The van der Waals surface area contributed by atoms with E-state index in [4.69, 9.17) is 0 Å². The summed E-state index contributed by atoms with van der Waals surface area (Å²) in [5.41, 5.74) is 3.66. The third-order valence-corrected chi connectivity index (χ3v) is 4.28. The highest BCUT2D eigenvalue weighted by atomic mass is 16.3. The number of anilines is 1. The molecule has 134 valence electrons. The first-order valence-corrected chi connectivity index (χ1v) is 8.14. The Morgan fingerprint density at radius 1 is 1.15 bits per heavy atom. The van der Waals surface area contributed by atoms with Crippen LogP contribution in [0.25, 0.3) is 16.6 Å². The maximum atomic E-state index is 12.5. The first kappa shape index (κ1) is 16.5. The number of nitrogens with zero attached hydrogens (tertiary/aromatic N) is 4. The van der Waals surface area contributed by atoms with Gasteiger partial charge in [-0.25, -0.2) is 0 Å². The normalized spacial score (nSPS) is 11.4. The van der Waals surface area contributed by atoms with Crippen molar-refractivity contribution in [2.24, 2.45) is 12.1 Å². The summed E-state index contributed by atoms with van der Waals surface area (Å²) in [5, 5.41) is 14.9. The molecule has 2 N–H and O–H groups in total. The maximum Gasteiger partial charge on any atom is 0.270 e. The number of hydrogen-bond donors (Lipinski definition) is 2. The zero-order chi connectivity index (χ0) is 19.0. The topological polar surface area (TPSA) is 101 Å². The standard InChI is InChI=1S/C19H15N5O3/c1-23-15-7-3-2-6-12(15)14(10-17(23)25)22-20-11-13-18(26)21-16-8-4-5-9-24(16)19(13)27/h2-11,22,26H,1H3/b20-11+. The molecule has 4 aromatic rings. The number of fused-ring (bicyclic) bond motifs is 2. The van der Waals surface area contributed by atoms with Crippen LogP contribution in [0.15, 0.2) is 69.4 Å². The van der Waals surface area contributed by atoms with Crippen molar-refractivity contribution in [3.8, 4) is 5.88 Å². The number of pyridine rings is 2. The van der Waals surface area contributed by atoms with E-state index in [2.05, 4.69) is 15.5 Å². The monoisotopic (exact) mass is 361 g/mol.